The Morgan fingerprint density at radius 1 is 1.16 bits per heavy atom. The molecule has 0 bridgehead atoms. The number of aromatic nitrogens is 4. The second-order valence-electron chi connectivity index (χ2n) is 7.89. The average molecular weight is 423 g/mol. The first-order valence-corrected chi connectivity index (χ1v) is 10.3. The number of amides is 1. The SMILES string of the molecule is COC(=O)N1c2ccc(-c3cnn(C4CC4)c3)c(Oc3ncc(F)cn3)c2CC[C@@H]1C. The van der Waals surface area contributed by atoms with E-state index in [0.717, 1.165) is 54.0 Å². The van der Waals surface area contributed by atoms with Crippen LogP contribution in [0.1, 0.15) is 37.8 Å². The van der Waals surface area contributed by atoms with Gasteiger partial charge in [0.15, 0.2) is 5.82 Å². The van der Waals surface area contributed by atoms with Crippen molar-refractivity contribution in [2.75, 3.05) is 12.0 Å². The molecule has 1 aromatic carbocycles. The van der Waals surface area contributed by atoms with Crippen LogP contribution in [0.4, 0.5) is 14.9 Å². The van der Waals surface area contributed by atoms with Crippen LogP contribution >= 0.6 is 0 Å². The summed E-state index contributed by atoms with van der Waals surface area (Å²) in [5.41, 5.74) is 3.29. The largest absolute Gasteiger partial charge is 0.452 e. The Labute approximate surface area is 178 Å². The summed E-state index contributed by atoms with van der Waals surface area (Å²) in [6.45, 7) is 1.98. The Bertz CT molecular complexity index is 1130. The lowest BCUT2D eigenvalue weighted by Gasteiger charge is -2.35. The van der Waals surface area contributed by atoms with Gasteiger partial charge < -0.3 is 9.47 Å². The molecule has 160 valence electrons. The predicted octanol–water partition coefficient (Wildman–Crippen LogP) is 4.51. The molecule has 0 saturated heterocycles. The number of ether oxygens (including phenoxy) is 2. The van der Waals surface area contributed by atoms with Gasteiger partial charge in [0.05, 0.1) is 37.4 Å². The number of fused-ring (bicyclic) bond motifs is 1. The second kappa shape index (κ2) is 7.64. The Morgan fingerprint density at radius 3 is 2.65 bits per heavy atom. The quantitative estimate of drug-likeness (QED) is 0.614. The van der Waals surface area contributed by atoms with Crippen molar-refractivity contribution < 1.29 is 18.7 Å². The number of hydrogen-bond acceptors (Lipinski definition) is 6. The number of hydrogen-bond donors (Lipinski definition) is 0. The molecule has 8 nitrogen and oxygen atoms in total. The van der Waals surface area contributed by atoms with Gasteiger partial charge in [-0.2, -0.15) is 5.10 Å². The monoisotopic (exact) mass is 423 g/mol. The summed E-state index contributed by atoms with van der Waals surface area (Å²) in [5, 5.41) is 4.49. The van der Waals surface area contributed by atoms with Crippen LogP contribution in [-0.4, -0.2) is 39.0 Å². The molecule has 31 heavy (non-hydrogen) atoms. The molecule has 0 unspecified atom stereocenters. The van der Waals surface area contributed by atoms with E-state index in [4.69, 9.17) is 9.47 Å². The minimum absolute atomic E-state index is 0.0154. The van der Waals surface area contributed by atoms with E-state index in [1.165, 1.54) is 7.11 Å². The fourth-order valence-electron chi connectivity index (χ4n) is 3.99. The Hall–Kier alpha value is -3.49. The van der Waals surface area contributed by atoms with E-state index in [-0.39, 0.29) is 12.1 Å². The third kappa shape index (κ3) is 3.60. The zero-order valence-electron chi connectivity index (χ0n) is 17.3. The molecule has 2 aromatic heterocycles. The number of anilines is 1. The molecule has 3 aromatic rings. The van der Waals surface area contributed by atoms with Gasteiger partial charge in [0, 0.05) is 28.9 Å². The topological polar surface area (TPSA) is 82.4 Å². The summed E-state index contributed by atoms with van der Waals surface area (Å²) in [6.07, 6.45) is 9.21. The fourth-order valence-corrected chi connectivity index (χ4v) is 3.99. The van der Waals surface area contributed by atoms with E-state index < -0.39 is 11.9 Å². The molecule has 1 aliphatic carbocycles. The van der Waals surface area contributed by atoms with Gasteiger partial charge in [0.25, 0.3) is 0 Å². The van der Waals surface area contributed by atoms with Crippen molar-refractivity contribution in [3.05, 3.63) is 48.3 Å². The summed E-state index contributed by atoms with van der Waals surface area (Å²) in [5.74, 6) is -0.000627. The highest BCUT2D eigenvalue weighted by molar-refractivity contribution is 5.92. The number of carbonyl (C=O) groups excluding carboxylic acids is 1. The van der Waals surface area contributed by atoms with Gasteiger partial charge >= 0.3 is 12.1 Å². The van der Waals surface area contributed by atoms with E-state index in [2.05, 4.69) is 15.1 Å². The molecule has 1 aliphatic heterocycles. The molecule has 0 spiro atoms. The van der Waals surface area contributed by atoms with Crippen molar-refractivity contribution in [3.63, 3.8) is 0 Å². The zero-order valence-corrected chi connectivity index (χ0v) is 17.3. The highest BCUT2D eigenvalue weighted by Crippen LogP contribution is 2.45. The molecule has 3 heterocycles. The molecule has 1 amide bonds. The third-order valence-electron chi connectivity index (χ3n) is 5.74. The zero-order chi connectivity index (χ0) is 21.5. The number of rotatable bonds is 4. The van der Waals surface area contributed by atoms with Gasteiger partial charge in [0.2, 0.25) is 0 Å². The van der Waals surface area contributed by atoms with Gasteiger partial charge in [-0.05, 0) is 44.7 Å². The Balaban J connectivity index is 1.63. The first-order chi connectivity index (χ1) is 15.0. The van der Waals surface area contributed by atoms with Crippen molar-refractivity contribution in [2.45, 2.75) is 44.7 Å². The van der Waals surface area contributed by atoms with Gasteiger partial charge in [-0.15, -0.1) is 0 Å². The Kier molecular flexibility index (Phi) is 4.80. The van der Waals surface area contributed by atoms with Crippen LogP contribution in [0, 0.1) is 5.82 Å². The van der Waals surface area contributed by atoms with Gasteiger partial charge in [-0.25, -0.2) is 19.2 Å². The van der Waals surface area contributed by atoms with Crippen molar-refractivity contribution in [1.29, 1.82) is 0 Å². The molecular weight excluding hydrogens is 401 g/mol. The fraction of sp³-hybridized carbons (Fsp3) is 0.364. The van der Waals surface area contributed by atoms with Crippen molar-refractivity contribution in [1.82, 2.24) is 19.7 Å². The van der Waals surface area contributed by atoms with Crippen LogP contribution in [0.2, 0.25) is 0 Å². The van der Waals surface area contributed by atoms with E-state index in [0.29, 0.717) is 18.2 Å². The summed E-state index contributed by atoms with van der Waals surface area (Å²) >= 11 is 0. The average Bonchev–Trinajstić information content (AvgIpc) is 3.52. The standard InChI is InChI=1S/C22H22FN5O3/c1-13-3-6-18-19(28(13)22(29)30-2)8-7-17(14-9-26-27(12-14)16-4-5-16)20(18)31-21-24-10-15(23)11-25-21/h7-13,16H,3-6H2,1-2H3/t13-/m0/s1. The molecule has 1 saturated carbocycles. The summed E-state index contributed by atoms with van der Waals surface area (Å²) in [4.78, 5) is 22.0. The van der Waals surface area contributed by atoms with Crippen LogP contribution in [-0.2, 0) is 11.2 Å². The number of halogens is 1. The first kappa shape index (κ1) is 19.5. The molecule has 1 atom stereocenters. The summed E-state index contributed by atoms with van der Waals surface area (Å²) < 4.78 is 26.4. The minimum Gasteiger partial charge on any atom is -0.452 e. The van der Waals surface area contributed by atoms with Crippen LogP contribution in [0.25, 0.3) is 11.1 Å². The maximum Gasteiger partial charge on any atom is 0.414 e. The lowest BCUT2D eigenvalue weighted by atomic mass is 9.92. The Morgan fingerprint density at radius 2 is 1.94 bits per heavy atom. The minimum atomic E-state index is -0.543. The van der Waals surface area contributed by atoms with Gasteiger partial charge in [-0.1, -0.05) is 0 Å². The molecule has 9 heteroatoms. The van der Waals surface area contributed by atoms with Gasteiger partial charge in [0.1, 0.15) is 5.75 Å². The van der Waals surface area contributed by atoms with Gasteiger partial charge in [-0.3, -0.25) is 9.58 Å². The third-order valence-corrected chi connectivity index (χ3v) is 5.74. The first-order valence-electron chi connectivity index (χ1n) is 10.3. The van der Waals surface area contributed by atoms with Crippen molar-refractivity contribution in [3.8, 4) is 22.9 Å². The summed E-state index contributed by atoms with van der Waals surface area (Å²) in [6, 6.07) is 4.28. The number of benzene rings is 1. The molecular formula is C22H22FN5O3. The van der Waals surface area contributed by atoms with Crippen molar-refractivity contribution >= 4 is 11.8 Å². The molecule has 5 rings (SSSR count). The van der Waals surface area contributed by atoms with Crippen molar-refractivity contribution in [2.24, 2.45) is 0 Å². The molecule has 0 N–H and O–H groups in total. The van der Waals surface area contributed by atoms with E-state index >= 15 is 0 Å². The smallest absolute Gasteiger partial charge is 0.414 e. The lowest BCUT2D eigenvalue weighted by Crippen LogP contribution is -2.42. The van der Waals surface area contributed by atoms with Crippen LogP contribution < -0.4 is 9.64 Å². The molecule has 2 aliphatic rings. The molecule has 1 fully saturated rings. The number of carbonyl (C=O) groups is 1. The predicted molar refractivity (Wildman–Crippen MR) is 111 cm³/mol. The van der Waals surface area contributed by atoms with Crippen LogP contribution in [0.15, 0.2) is 36.9 Å². The normalized spacial score (nSPS) is 17.9. The van der Waals surface area contributed by atoms with Crippen LogP contribution in [0.3, 0.4) is 0 Å². The lowest BCUT2D eigenvalue weighted by molar-refractivity contribution is 0.175. The maximum atomic E-state index is 13.3. The molecule has 0 radical (unpaired) electrons. The number of nitrogens with zero attached hydrogens (tertiary/aromatic N) is 5. The van der Waals surface area contributed by atoms with E-state index in [1.54, 1.807) is 4.90 Å². The maximum absolute atomic E-state index is 13.3. The van der Waals surface area contributed by atoms with Crippen LogP contribution in [0.5, 0.6) is 11.8 Å². The van der Waals surface area contributed by atoms with E-state index in [9.17, 15) is 9.18 Å². The second-order valence-corrected chi connectivity index (χ2v) is 7.89. The highest BCUT2D eigenvalue weighted by Gasteiger charge is 2.33. The van der Waals surface area contributed by atoms with E-state index in [1.807, 2.05) is 36.1 Å². The highest BCUT2D eigenvalue weighted by atomic mass is 19.1. The number of methoxy groups -OCH3 is 1. The summed E-state index contributed by atoms with van der Waals surface area (Å²) in [7, 11) is 1.37.